The lowest BCUT2D eigenvalue weighted by atomic mass is 9.35. The number of rotatable bonds is 2. The van der Waals surface area contributed by atoms with Crippen LogP contribution < -0.4 is 54.8 Å². The molecule has 6 aromatic rings. The fraction of sp³-hybridized carbons (Fsp3) is 0.319. The number of hydrogen-bond donors (Lipinski definition) is 0. The zero-order valence-corrected chi connectivity index (χ0v) is 33.1. The first-order valence-corrected chi connectivity index (χ1v) is 20.3. The Balaban J connectivity index is 1.23. The van der Waals surface area contributed by atoms with Crippen molar-refractivity contribution in [1.29, 1.82) is 0 Å². The summed E-state index contributed by atoms with van der Waals surface area (Å²) >= 11 is 0. The van der Waals surface area contributed by atoms with Crippen molar-refractivity contribution in [3.05, 3.63) is 89.5 Å². The molecule has 0 radical (unpaired) electrons. The Morgan fingerprint density at radius 1 is 0.579 bits per heavy atom. The van der Waals surface area contributed by atoms with Gasteiger partial charge in [-0.25, -0.2) is 0 Å². The van der Waals surface area contributed by atoms with Gasteiger partial charge >= 0.3 is 0 Å². The van der Waals surface area contributed by atoms with Crippen molar-refractivity contribution < 1.29 is 32.8 Å². The lowest BCUT2D eigenvalue weighted by Crippen LogP contribution is -2.61. The maximum absolute atomic E-state index is 7.20. The average Bonchev–Trinajstić information content (AvgIpc) is 3.45. The quantitative estimate of drug-likeness (QED) is 0.161. The van der Waals surface area contributed by atoms with Gasteiger partial charge in [-0.05, 0) is 89.8 Å². The topological polar surface area (TPSA) is 75.0 Å². The molecule has 0 saturated heterocycles. The van der Waals surface area contributed by atoms with Gasteiger partial charge in [0.25, 0.3) is 6.71 Å². The van der Waals surface area contributed by atoms with Crippen LogP contribution in [-0.2, 0) is 5.41 Å². The molecule has 0 unspecified atom stereocenters. The summed E-state index contributed by atoms with van der Waals surface area (Å²) in [6, 6.07) is 26.1. The van der Waals surface area contributed by atoms with Crippen LogP contribution in [0.15, 0.2) is 77.2 Å². The van der Waals surface area contributed by atoms with Crippen LogP contribution in [0.1, 0.15) is 56.7 Å². The SMILES string of the molecule is Cc1cc2c(c(C)c1N1c3cccc4c3B(c3cc5c(cc3N4c3ccc4c(c3)OCCCO4)OCCCO5)c3oc4ccc(C(C)(C)C)cc4c31)OCCCO2. The van der Waals surface area contributed by atoms with Crippen molar-refractivity contribution in [2.24, 2.45) is 0 Å². The molecule has 5 aliphatic rings. The smallest absolute Gasteiger partial charge is 0.297 e. The molecule has 0 spiro atoms. The van der Waals surface area contributed by atoms with Gasteiger partial charge in [-0.1, -0.05) is 32.9 Å². The summed E-state index contributed by atoms with van der Waals surface area (Å²) in [6.07, 6.45) is 2.48. The first-order valence-electron chi connectivity index (χ1n) is 20.3. The molecule has 5 aliphatic heterocycles. The maximum atomic E-state index is 7.20. The zero-order chi connectivity index (χ0) is 38.6. The van der Waals surface area contributed by atoms with Gasteiger partial charge in [-0.2, -0.15) is 0 Å². The predicted molar refractivity (Wildman–Crippen MR) is 225 cm³/mol. The van der Waals surface area contributed by atoms with E-state index in [1.54, 1.807) is 0 Å². The molecule has 1 aromatic heterocycles. The van der Waals surface area contributed by atoms with Crippen LogP contribution in [-0.4, -0.2) is 46.4 Å². The summed E-state index contributed by atoms with van der Waals surface area (Å²) in [5.41, 5.74) is 13.4. The molecule has 11 rings (SSSR count). The van der Waals surface area contributed by atoms with E-state index in [2.05, 4.69) is 111 Å². The van der Waals surface area contributed by atoms with Gasteiger partial charge in [0, 0.05) is 59.4 Å². The lowest BCUT2D eigenvalue weighted by molar-refractivity contribution is 0.296. The number of nitrogens with zero attached hydrogens (tertiary/aromatic N) is 2. The Kier molecular flexibility index (Phi) is 7.72. The maximum Gasteiger partial charge on any atom is 0.297 e. The van der Waals surface area contributed by atoms with E-state index < -0.39 is 0 Å². The molecule has 288 valence electrons. The highest BCUT2D eigenvalue weighted by Crippen LogP contribution is 2.52. The van der Waals surface area contributed by atoms with Gasteiger partial charge in [0.05, 0.1) is 62.4 Å². The second-order valence-corrected chi connectivity index (χ2v) is 16.7. The Bertz CT molecular complexity index is 2630. The van der Waals surface area contributed by atoms with Crippen LogP contribution in [0.5, 0.6) is 34.5 Å². The minimum atomic E-state index is -0.252. The van der Waals surface area contributed by atoms with Gasteiger partial charge in [0.1, 0.15) is 5.58 Å². The number of benzene rings is 5. The molecule has 0 amide bonds. The van der Waals surface area contributed by atoms with Crippen LogP contribution in [0.2, 0.25) is 0 Å². The molecular weight excluding hydrogens is 715 g/mol. The van der Waals surface area contributed by atoms with E-state index in [0.717, 1.165) is 127 Å². The molecule has 9 nitrogen and oxygen atoms in total. The predicted octanol–water partition coefficient (Wildman–Crippen LogP) is 8.91. The molecule has 10 heteroatoms. The van der Waals surface area contributed by atoms with Crippen LogP contribution in [0.4, 0.5) is 34.1 Å². The van der Waals surface area contributed by atoms with E-state index in [1.165, 1.54) is 5.56 Å². The van der Waals surface area contributed by atoms with Crippen LogP contribution in [0.3, 0.4) is 0 Å². The highest BCUT2D eigenvalue weighted by molar-refractivity contribution is 7.00. The third-order valence-corrected chi connectivity index (χ3v) is 12.0. The fourth-order valence-corrected chi connectivity index (χ4v) is 9.31. The average molecular weight is 761 g/mol. The van der Waals surface area contributed by atoms with Crippen molar-refractivity contribution in [2.45, 2.75) is 59.3 Å². The second-order valence-electron chi connectivity index (χ2n) is 16.7. The van der Waals surface area contributed by atoms with E-state index in [-0.39, 0.29) is 12.1 Å². The summed E-state index contributed by atoms with van der Waals surface area (Å²) in [5, 5.41) is 1.07. The van der Waals surface area contributed by atoms with Crippen LogP contribution in [0.25, 0.3) is 11.0 Å². The van der Waals surface area contributed by atoms with Crippen LogP contribution >= 0.6 is 0 Å². The number of fused-ring (bicyclic) bond motifs is 9. The van der Waals surface area contributed by atoms with Crippen molar-refractivity contribution in [1.82, 2.24) is 0 Å². The highest BCUT2D eigenvalue weighted by Gasteiger charge is 2.48. The van der Waals surface area contributed by atoms with Gasteiger partial charge in [-0.15, -0.1) is 0 Å². The third-order valence-electron chi connectivity index (χ3n) is 12.0. The van der Waals surface area contributed by atoms with E-state index in [1.807, 2.05) is 6.07 Å². The normalized spacial score (nSPS) is 16.6. The van der Waals surface area contributed by atoms with Crippen molar-refractivity contribution in [3.63, 3.8) is 0 Å². The van der Waals surface area contributed by atoms with Gasteiger partial charge < -0.3 is 42.6 Å². The van der Waals surface area contributed by atoms with Gasteiger partial charge in [0.2, 0.25) is 0 Å². The van der Waals surface area contributed by atoms with E-state index in [4.69, 9.17) is 32.8 Å². The molecule has 5 aromatic carbocycles. The first kappa shape index (κ1) is 34.4. The molecule has 6 heterocycles. The molecule has 0 fully saturated rings. The van der Waals surface area contributed by atoms with Crippen molar-refractivity contribution >= 4 is 68.4 Å². The Hall–Kier alpha value is -5.90. The number of anilines is 6. The Morgan fingerprint density at radius 2 is 1.23 bits per heavy atom. The molecular formula is C47H45BN2O7. The Labute approximate surface area is 333 Å². The summed E-state index contributed by atoms with van der Waals surface area (Å²) in [5.74, 6) is 4.57. The van der Waals surface area contributed by atoms with Crippen LogP contribution in [0, 0.1) is 13.8 Å². The second kappa shape index (κ2) is 12.8. The first-order chi connectivity index (χ1) is 27.7. The molecule has 0 N–H and O–H groups in total. The summed E-state index contributed by atoms with van der Waals surface area (Å²) in [6.45, 7) is 14.5. The molecule has 0 atom stereocenters. The molecule has 57 heavy (non-hydrogen) atoms. The van der Waals surface area contributed by atoms with E-state index >= 15 is 0 Å². The highest BCUT2D eigenvalue weighted by atomic mass is 16.5. The number of furan rings is 1. The fourth-order valence-electron chi connectivity index (χ4n) is 9.31. The molecule has 0 bridgehead atoms. The van der Waals surface area contributed by atoms with E-state index in [9.17, 15) is 0 Å². The van der Waals surface area contributed by atoms with Crippen molar-refractivity contribution in [2.75, 3.05) is 49.4 Å². The number of ether oxygens (including phenoxy) is 6. The minimum absolute atomic E-state index is 0.0699. The number of aryl methyl sites for hydroxylation is 1. The van der Waals surface area contributed by atoms with Crippen molar-refractivity contribution in [3.8, 4) is 34.5 Å². The van der Waals surface area contributed by atoms with Gasteiger partial charge in [-0.3, -0.25) is 0 Å². The standard InChI is InChI=1S/C47H45BN2O7/c1-27-22-41-45(56-21-9-20-55-41)28(2)43(27)50-34-11-6-10-33-42(34)48(46-44(50)31-23-29(47(3,4)5)12-14-36(31)57-46)32-25-39-40(54-19-8-18-53-39)26-35(32)49(33)30-13-15-37-38(24-30)52-17-7-16-51-37/h6,10-15,22-26H,7-9,16-21H2,1-5H3. The molecule has 0 saturated carbocycles. The largest absolute Gasteiger partial charge is 0.490 e. The summed E-state index contributed by atoms with van der Waals surface area (Å²) < 4.78 is 45.1. The molecule has 0 aliphatic carbocycles. The third kappa shape index (κ3) is 5.29. The monoisotopic (exact) mass is 760 g/mol. The Morgan fingerprint density at radius 3 is 1.96 bits per heavy atom. The lowest BCUT2D eigenvalue weighted by Gasteiger charge is -2.43. The van der Waals surface area contributed by atoms with E-state index in [0.29, 0.717) is 39.6 Å². The zero-order valence-electron chi connectivity index (χ0n) is 33.1. The summed E-state index contributed by atoms with van der Waals surface area (Å²) in [7, 11) is 0. The van der Waals surface area contributed by atoms with Gasteiger partial charge in [0.15, 0.2) is 34.5 Å². The number of hydrogen-bond acceptors (Lipinski definition) is 9. The minimum Gasteiger partial charge on any atom is -0.490 e. The summed E-state index contributed by atoms with van der Waals surface area (Å²) in [4.78, 5) is 4.77.